The zero-order valence-corrected chi connectivity index (χ0v) is 14.1. The molecule has 114 valence electrons. The molecule has 0 bridgehead atoms. The lowest BCUT2D eigenvalue weighted by Crippen LogP contribution is -2.37. The maximum absolute atomic E-state index is 6.09. The second-order valence-electron chi connectivity index (χ2n) is 5.27. The number of halogens is 2. The summed E-state index contributed by atoms with van der Waals surface area (Å²) in [4.78, 5) is 0. The van der Waals surface area contributed by atoms with Gasteiger partial charge in [-0.2, -0.15) is 0 Å². The van der Waals surface area contributed by atoms with Crippen LogP contribution < -0.4 is 5.32 Å². The van der Waals surface area contributed by atoms with Gasteiger partial charge in [-0.25, -0.2) is 0 Å². The van der Waals surface area contributed by atoms with E-state index in [2.05, 4.69) is 25.2 Å². The summed E-state index contributed by atoms with van der Waals surface area (Å²) in [7, 11) is 1.75. The van der Waals surface area contributed by atoms with Crippen molar-refractivity contribution >= 4 is 23.2 Å². The zero-order chi connectivity index (χ0) is 15.0. The van der Waals surface area contributed by atoms with E-state index in [1.807, 2.05) is 12.1 Å². The standard InChI is InChI=1S/C16H25Cl2NO/c1-4-8-19-16(12(2)7-9-20-3)11-13-5-6-14(17)15(18)10-13/h5-6,10,12,16,19H,4,7-9,11H2,1-3H3. The number of methoxy groups -OCH3 is 1. The molecule has 1 rings (SSSR count). The highest BCUT2D eigenvalue weighted by Gasteiger charge is 2.17. The average molecular weight is 318 g/mol. The molecule has 0 aliphatic heterocycles. The summed E-state index contributed by atoms with van der Waals surface area (Å²) in [5.74, 6) is 0.552. The van der Waals surface area contributed by atoms with Gasteiger partial charge < -0.3 is 10.1 Å². The molecule has 2 atom stereocenters. The SMILES string of the molecule is CCCNC(Cc1ccc(Cl)c(Cl)c1)C(C)CCOC. The molecular formula is C16H25Cl2NO. The molecule has 0 spiro atoms. The third-order valence-corrected chi connectivity index (χ3v) is 4.30. The van der Waals surface area contributed by atoms with Gasteiger partial charge in [0.15, 0.2) is 0 Å². The molecule has 0 aromatic heterocycles. The van der Waals surface area contributed by atoms with E-state index < -0.39 is 0 Å². The molecule has 0 saturated carbocycles. The van der Waals surface area contributed by atoms with Crippen LogP contribution in [-0.2, 0) is 11.2 Å². The van der Waals surface area contributed by atoms with Crippen molar-refractivity contribution in [3.05, 3.63) is 33.8 Å². The summed E-state index contributed by atoms with van der Waals surface area (Å²) in [6, 6.07) is 6.32. The molecule has 0 amide bonds. The number of benzene rings is 1. The summed E-state index contributed by atoms with van der Waals surface area (Å²) in [6.45, 7) is 6.28. The number of ether oxygens (including phenoxy) is 1. The number of hydrogen-bond donors (Lipinski definition) is 1. The van der Waals surface area contributed by atoms with E-state index in [1.165, 1.54) is 5.56 Å². The minimum atomic E-state index is 0.433. The molecule has 0 aliphatic carbocycles. The minimum absolute atomic E-state index is 0.433. The number of hydrogen-bond acceptors (Lipinski definition) is 2. The Hall–Kier alpha value is -0.280. The van der Waals surface area contributed by atoms with Crippen molar-refractivity contribution in [1.82, 2.24) is 5.32 Å². The van der Waals surface area contributed by atoms with Gasteiger partial charge in [0.25, 0.3) is 0 Å². The van der Waals surface area contributed by atoms with Gasteiger partial charge in [-0.1, -0.05) is 43.1 Å². The molecule has 0 radical (unpaired) electrons. The summed E-state index contributed by atoms with van der Waals surface area (Å²) < 4.78 is 5.19. The van der Waals surface area contributed by atoms with Crippen molar-refractivity contribution in [3.63, 3.8) is 0 Å². The van der Waals surface area contributed by atoms with Gasteiger partial charge in [-0.3, -0.25) is 0 Å². The van der Waals surface area contributed by atoms with Crippen molar-refractivity contribution in [2.45, 2.75) is 39.2 Å². The Labute approximate surface area is 132 Å². The quantitative estimate of drug-likeness (QED) is 0.720. The molecule has 2 unspecified atom stereocenters. The fourth-order valence-electron chi connectivity index (χ4n) is 2.23. The van der Waals surface area contributed by atoms with Gasteiger partial charge in [0.1, 0.15) is 0 Å². The van der Waals surface area contributed by atoms with E-state index in [0.717, 1.165) is 32.4 Å². The summed E-state index contributed by atoms with van der Waals surface area (Å²) >= 11 is 12.1. The van der Waals surface area contributed by atoms with Crippen LogP contribution in [0.3, 0.4) is 0 Å². The van der Waals surface area contributed by atoms with Gasteiger partial charge in [-0.15, -0.1) is 0 Å². The smallest absolute Gasteiger partial charge is 0.0595 e. The van der Waals surface area contributed by atoms with Gasteiger partial charge >= 0.3 is 0 Å². The van der Waals surface area contributed by atoms with E-state index in [9.17, 15) is 0 Å². The van der Waals surface area contributed by atoms with E-state index in [1.54, 1.807) is 7.11 Å². The Kier molecular flexibility index (Phi) is 8.55. The normalized spacial score (nSPS) is 14.2. The van der Waals surface area contributed by atoms with Crippen molar-refractivity contribution in [2.24, 2.45) is 5.92 Å². The Morgan fingerprint density at radius 1 is 1.25 bits per heavy atom. The summed E-state index contributed by atoms with van der Waals surface area (Å²) in [5.41, 5.74) is 1.22. The third-order valence-electron chi connectivity index (χ3n) is 3.56. The predicted octanol–water partition coefficient (Wildman–Crippen LogP) is 4.58. The van der Waals surface area contributed by atoms with Crippen LogP contribution >= 0.6 is 23.2 Å². The van der Waals surface area contributed by atoms with Crippen LogP contribution in [0.15, 0.2) is 18.2 Å². The van der Waals surface area contributed by atoms with Crippen LogP contribution in [0.5, 0.6) is 0 Å². The highest BCUT2D eigenvalue weighted by Crippen LogP contribution is 2.24. The molecule has 0 saturated heterocycles. The van der Waals surface area contributed by atoms with Crippen LogP contribution in [0, 0.1) is 5.92 Å². The van der Waals surface area contributed by atoms with Gasteiger partial charge in [0, 0.05) is 19.8 Å². The lowest BCUT2D eigenvalue weighted by atomic mass is 9.92. The molecular weight excluding hydrogens is 293 g/mol. The van der Waals surface area contributed by atoms with Crippen molar-refractivity contribution in [2.75, 3.05) is 20.3 Å². The van der Waals surface area contributed by atoms with Crippen LogP contribution in [0.25, 0.3) is 0 Å². The van der Waals surface area contributed by atoms with Crippen LogP contribution in [0.4, 0.5) is 0 Å². The lowest BCUT2D eigenvalue weighted by Gasteiger charge is -2.25. The highest BCUT2D eigenvalue weighted by molar-refractivity contribution is 6.42. The summed E-state index contributed by atoms with van der Waals surface area (Å²) in [5, 5.41) is 4.87. The molecule has 1 aromatic carbocycles. The van der Waals surface area contributed by atoms with Crippen molar-refractivity contribution < 1.29 is 4.74 Å². The van der Waals surface area contributed by atoms with E-state index in [-0.39, 0.29) is 0 Å². The van der Waals surface area contributed by atoms with Gasteiger partial charge in [0.2, 0.25) is 0 Å². The molecule has 0 heterocycles. The minimum Gasteiger partial charge on any atom is -0.385 e. The first-order valence-corrected chi connectivity index (χ1v) is 8.00. The largest absolute Gasteiger partial charge is 0.385 e. The molecule has 0 fully saturated rings. The van der Waals surface area contributed by atoms with Crippen LogP contribution in [-0.4, -0.2) is 26.3 Å². The van der Waals surface area contributed by atoms with Crippen LogP contribution in [0.2, 0.25) is 10.0 Å². The number of nitrogens with one attached hydrogen (secondary N) is 1. The fourth-order valence-corrected chi connectivity index (χ4v) is 2.55. The Bertz CT molecular complexity index is 398. The topological polar surface area (TPSA) is 21.3 Å². The van der Waals surface area contributed by atoms with Crippen molar-refractivity contribution in [1.29, 1.82) is 0 Å². The third kappa shape index (κ3) is 6.01. The van der Waals surface area contributed by atoms with Gasteiger partial charge in [-0.05, 0) is 49.4 Å². The second-order valence-corrected chi connectivity index (χ2v) is 6.09. The van der Waals surface area contributed by atoms with Crippen molar-refractivity contribution in [3.8, 4) is 0 Å². The average Bonchev–Trinajstić information content (AvgIpc) is 2.44. The molecule has 20 heavy (non-hydrogen) atoms. The highest BCUT2D eigenvalue weighted by atomic mass is 35.5. The van der Waals surface area contributed by atoms with E-state index >= 15 is 0 Å². The fraction of sp³-hybridized carbons (Fsp3) is 0.625. The summed E-state index contributed by atoms with van der Waals surface area (Å²) in [6.07, 6.45) is 3.15. The first kappa shape index (κ1) is 17.8. The Balaban J connectivity index is 2.69. The molecule has 2 nitrogen and oxygen atoms in total. The Morgan fingerprint density at radius 3 is 2.60 bits per heavy atom. The molecule has 0 aliphatic rings. The number of rotatable bonds is 9. The zero-order valence-electron chi connectivity index (χ0n) is 12.6. The first-order chi connectivity index (χ1) is 9.58. The predicted molar refractivity (Wildman–Crippen MR) is 87.9 cm³/mol. The van der Waals surface area contributed by atoms with E-state index in [0.29, 0.717) is 22.0 Å². The van der Waals surface area contributed by atoms with Gasteiger partial charge in [0.05, 0.1) is 10.0 Å². The monoisotopic (exact) mass is 317 g/mol. The van der Waals surface area contributed by atoms with E-state index in [4.69, 9.17) is 27.9 Å². The second kappa shape index (κ2) is 9.62. The lowest BCUT2D eigenvalue weighted by molar-refractivity contribution is 0.170. The molecule has 1 aromatic rings. The maximum atomic E-state index is 6.09. The van der Waals surface area contributed by atoms with Crippen LogP contribution in [0.1, 0.15) is 32.3 Å². The Morgan fingerprint density at radius 2 is 2.00 bits per heavy atom. The molecule has 1 N–H and O–H groups in total. The molecule has 4 heteroatoms. The first-order valence-electron chi connectivity index (χ1n) is 7.24. The maximum Gasteiger partial charge on any atom is 0.0595 e.